The van der Waals surface area contributed by atoms with E-state index >= 15 is 0 Å². The van der Waals surface area contributed by atoms with Crippen LogP contribution in [0.15, 0.2) is 0 Å². The maximum atomic E-state index is 11.9. The average Bonchev–Trinajstić information content (AvgIpc) is 2.41. The van der Waals surface area contributed by atoms with Gasteiger partial charge < -0.3 is 15.5 Å². The van der Waals surface area contributed by atoms with Crippen molar-refractivity contribution in [1.82, 2.24) is 15.5 Å². The van der Waals surface area contributed by atoms with E-state index < -0.39 is 0 Å². The molecule has 1 aliphatic rings. The predicted octanol–water partition coefficient (Wildman–Crippen LogP) is 1.76. The molecule has 1 heterocycles. The molecule has 4 heteroatoms. The van der Waals surface area contributed by atoms with E-state index in [1.165, 1.54) is 13.0 Å². The third-order valence-electron chi connectivity index (χ3n) is 3.84. The van der Waals surface area contributed by atoms with Crippen LogP contribution in [-0.2, 0) is 4.79 Å². The van der Waals surface area contributed by atoms with Crippen molar-refractivity contribution in [2.45, 2.75) is 65.0 Å². The van der Waals surface area contributed by atoms with Gasteiger partial charge in [0.1, 0.15) is 0 Å². The highest BCUT2D eigenvalue weighted by Crippen LogP contribution is 2.11. The van der Waals surface area contributed by atoms with Crippen LogP contribution in [0.25, 0.3) is 0 Å². The normalized spacial score (nSPS) is 19.3. The molecule has 0 bridgehead atoms. The Kier molecular flexibility index (Phi) is 8.07. The SMILES string of the molecule is CCCCNC(=O)C(C)NC1CCN(CCC)CC1. The number of piperidine rings is 1. The Morgan fingerprint density at radius 3 is 2.53 bits per heavy atom. The van der Waals surface area contributed by atoms with E-state index in [1.807, 2.05) is 6.92 Å². The number of likely N-dealkylation sites (tertiary alicyclic amines) is 1. The highest BCUT2D eigenvalue weighted by molar-refractivity contribution is 5.81. The Labute approximate surface area is 118 Å². The molecule has 1 saturated heterocycles. The van der Waals surface area contributed by atoms with Crippen LogP contribution < -0.4 is 10.6 Å². The number of nitrogens with one attached hydrogen (secondary N) is 2. The predicted molar refractivity (Wildman–Crippen MR) is 80.3 cm³/mol. The van der Waals surface area contributed by atoms with E-state index in [2.05, 4.69) is 29.4 Å². The molecular formula is C15H31N3O. The van der Waals surface area contributed by atoms with Crippen LogP contribution in [0.1, 0.15) is 52.9 Å². The minimum Gasteiger partial charge on any atom is -0.355 e. The molecule has 112 valence electrons. The zero-order valence-electron chi connectivity index (χ0n) is 12.9. The Hall–Kier alpha value is -0.610. The highest BCUT2D eigenvalue weighted by Gasteiger charge is 2.22. The van der Waals surface area contributed by atoms with Crippen molar-refractivity contribution in [1.29, 1.82) is 0 Å². The minimum atomic E-state index is -0.0698. The second-order valence-electron chi connectivity index (χ2n) is 5.65. The van der Waals surface area contributed by atoms with Gasteiger partial charge in [-0.15, -0.1) is 0 Å². The molecule has 19 heavy (non-hydrogen) atoms. The third-order valence-corrected chi connectivity index (χ3v) is 3.84. The zero-order valence-corrected chi connectivity index (χ0v) is 12.9. The van der Waals surface area contributed by atoms with Crippen molar-refractivity contribution in [3.8, 4) is 0 Å². The summed E-state index contributed by atoms with van der Waals surface area (Å²) in [7, 11) is 0. The van der Waals surface area contributed by atoms with Gasteiger partial charge in [-0.3, -0.25) is 4.79 Å². The number of unbranched alkanes of at least 4 members (excludes halogenated alkanes) is 1. The summed E-state index contributed by atoms with van der Waals surface area (Å²) in [6.45, 7) is 10.7. The second-order valence-corrected chi connectivity index (χ2v) is 5.65. The van der Waals surface area contributed by atoms with Crippen molar-refractivity contribution >= 4 is 5.91 Å². The van der Waals surface area contributed by atoms with Crippen molar-refractivity contribution in [2.75, 3.05) is 26.2 Å². The lowest BCUT2D eigenvalue weighted by Gasteiger charge is -2.33. The molecule has 4 nitrogen and oxygen atoms in total. The molecular weight excluding hydrogens is 238 g/mol. The van der Waals surface area contributed by atoms with Crippen LogP contribution in [0.4, 0.5) is 0 Å². The fourth-order valence-electron chi connectivity index (χ4n) is 2.61. The molecule has 1 atom stereocenters. The molecule has 0 radical (unpaired) electrons. The Bertz CT molecular complexity index is 250. The van der Waals surface area contributed by atoms with E-state index in [4.69, 9.17) is 0 Å². The van der Waals surface area contributed by atoms with Gasteiger partial charge in [0.15, 0.2) is 0 Å². The maximum absolute atomic E-state index is 11.9. The summed E-state index contributed by atoms with van der Waals surface area (Å²) in [5, 5.41) is 6.46. The van der Waals surface area contributed by atoms with E-state index in [-0.39, 0.29) is 11.9 Å². The van der Waals surface area contributed by atoms with Crippen molar-refractivity contribution < 1.29 is 4.79 Å². The number of hydrogen-bond donors (Lipinski definition) is 2. The quantitative estimate of drug-likeness (QED) is 0.660. The lowest BCUT2D eigenvalue weighted by molar-refractivity contribution is -0.123. The first kappa shape index (κ1) is 16.4. The molecule has 1 unspecified atom stereocenters. The van der Waals surface area contributed by atoms with E-state index in [1.54, 1.807) is 0 Å². The van der Waals surface area contributed by atoms with Gasteiger partial charge in [0.25, 0.3) is 0 Å². The van der Waals surface area contributed by atoms with Gasteiger partial charge in [0, 0.05) is 12.6 Å². The van der Waals surface area contributed by atoms with Crippen LogP contribution in [-0.4, -0.2) is 49.1 Å². The number of nitrogens with zero attached hydrogens (tertiary/aromatic N) is 1. The Morgan fingerprint density at radius 2 is 1.95 bits per heavy atom. The topological polar surface area (TPSA) is 44.4 Å². The minimum absolute atomic E-state index is 0.0698. The molecule has 0 aromatic rings. The largest absolute Gasteiger partial charge is 0.355 e. The number of rotatable bonds is 8. The van der Waals surface area contributed by atoms with Gasteiger partial charge in [-0.05, 0) is 52.2 Å². The van der Waals surface area contributed by atoms with E-state index in [0.717, 1.165) is 45.3 Å². The van der Waals surface area contributed by atoms with Crippen LogP contribution in [0.3, 0.4) is 0 Å². The number of carbonyl (C=O) groups excluding carboxylic acids is 1. The number of amides is 1. The molecule has 1 fully saturated rings. The summed E-state index contributed by atoms with van der Waals surface area (Å²) in [6.07, 6.45) is 5.74. The smallest absolute Gasteiger partial charge is 0.236 e. The summed E-state index contributed by atoms with van der Waals surface area (Å²) < 4.78 is 0. The van der Waals surface area contributed by atoms with E-state index in [0.29, 0.717) is 6.04 Å². The second kappa shape index (κ2) is 9.32. The summed E-state index contributed by atoms with van der Waals surface area (Å²) >= 11 is 0. The molecule has 0 aromatic carbocycles. The lowest BCUT2D eigenvalue weighted by atomic mass is 10.0. The van der Waals surface area contributed by atoms with Crippen LogP contribution >= 0.6 is 0 Å². The molecule has 0 spiro atoms. The molecule has 1 amide bonds. The highest BCUT2D eigenvalue weighted by atomic mass is 16.2. The molecule has 0 saturated carbocycles. The fourth-order valence-corrected chi connectivity index (χ4v) is 2.61. The fraction of sp³-hybridized carbons (Fsp3) is 0.933. The van der Waals surface area contributed by atoms with Gasteiger partial charge in [0.05, 0.1) is 6.04 Å². The molecule has 1 aliphatic heterocycles. The molecule has 2 N–H and O–H groups in total. The van der Waals surface area contributed by atoms with Gasteiger partial charge in [-0.2, -0.15) is 0 Å². The monoisotopic (exact) mass is 269 g/mol. The Balaban J connectivity index is 2.18. The Morgan fingerprint density at radius 1 is 1.26 bits per heavy atom. The third kappa shape index (κ3) is 6.39. The van der Waals surface area contributed by atoms with Crippen molar-refractivity contribution in [2.24, 2.45) is 0 Å². The van der Waals surface area contributed by atoms with Gasteiger partial charge in [-0.1, -0.05) is 20.3 Å². The summed E-state index contributed by atoms with van der Waals surface area (Å²) in [5.74, 6) is 0.143. The lowest BCUT2D eigenvalue weighted by Crippen LogP contribution is -2.50. The first-order valence-electron chi connectivity index (χ1n) is 7.93. The number of carbonyl (C=O) groups is 1. The van der Waals surface area contributed by atoms with Crippen molar-refractivity contribution in [3.63, 3.8) is 0 Å². The van der Waals surface area contributed by atoms with Gasteiger partial charge in [0.2, 0.25) is 5.91 Å². The van der Waals surface area contributed by atoms with Crippen LogP contribution in [0, 0.1) is 0 Å². The summed E-state index contributed by atoms with van der Waals surface area (Å²) in [4.78, 5) is 14.4. The van der Waals surface area contributed by atoms with Gasteiger partial charge in [-0.25, -0.2) is 0 Å². The maximum Gasteiger partial charge on any atom is 0.236 e. The van der Waals surface area contributed by atoms with Crippen LogP contribution in [0.2, 0.25) is 0 Å². The standard InChI is InChI=1S/C15H31N3O/c1-4-6-9-16-15(19)13(3)17-14-7-11-18(10-5-2)12-8-14/h13-14,17H,4-12H2,1-3H3,(H,16,19). The molecule has 0 aromatic heterocycles. The first-order valence-corrected chi connectivity index (χ1v) is 7.93. The van der Waals surface area contributed by atoms with Gasteiger partial charge >= 0.3 is 0 Å². The summed E-state index contributed by atoms with van der Waals surface area (Å²) in [6, 6.07) is 0.430. The van der Waals surface area contributed by atoms with Crippen molar-refractivity contribution in [3.05, 3.63) is 0 Å². The van der Waals surface area contributed by atoms with E-state index in [9.17, 15) is 4.79 Å². The average molecular weight is 269 g/mol. The zero-order chi connectivity index (χ0) is 14.1. The molecule has 0 aliphatic carbocycles. The molecule has 1 rings (SSSR count). The first-order chi connectivity index (χ1) is 9.17. The van der Waals surface area contributed by atoms with Crippen LogP contribution in [0.5, 0.6) is 0 Å². The number of hydrogen-bond acceptors (Lipinski definition) is 3. The summed E-state index contributed by atoms with van der Waals surface area (Å²) in [5.41, 5.74) is 0.